The normalized spacial score (nSPS) is 15.3. The van der Waals surface area contributed by atoms with Gasteiger partial charge in [0, 0.05) is 10.6 Å². The molecule has 2 nitrogen and oxygen atoms in total. The molecule has 5 aromatic rings. The highest BCUT2D eigenvalue weighted by molar-refractivity contribution is 6.31. The lowest BCUT2D eigenvalue weighted by atomic mass is 9.86. The molecule has 0 saturated heterocycles. The molecule has 1 unspecified atom stereocenters. The Labute approximate surface area is 222 Å². The molecule has 0 N–H and O–H groups in total. The highest BCUT2D eigenvalue weighted by atomic mass is 35.5. The first-order valence-corrected chi connectivity index (χ1v) is 12.4. The van der Waals surface area contributed by atoms with Crippen molar-refractivity contribution in [1.29, 1.82) is 0 Å². The minimum absolute atomic E-state index is 0.233. The quantitative estimate of drug-likeness (QED) is 0.215. The van der Waals surface area contributed by atoms with E-state index in [1.807, 2.05) is 48.5 Å². The maximum Gasteiger partial charge on any atom is 0.416 e. The standard InChI is InChI=1S/C32H22ClF3O2/c1-37-30-25-8-4-3-7-24(25)29(31(30)38-2)28-16-22(33)15-20-14-19-6-5-9-23(26(19)17-27(20)28)18-10-12-21(13-11-18)32(34,35)36/h3-17,29H,1-2H3. The molecule has 6 rings (SSSR count). The fourth-order valence-electron chi connectivity index (χ4n) is 5.55. The first kappa shape index (κ1) is 24.4. The Bertz CT molecular complexity index is 1740. The lowest BCUT2D eigenvalue weighted by molar-refractivity contribution is -0.137. The molecule has 0 spiro atoms. The molecule has 0 radical (unpaired) electrons. The van der Waals surface area contributed by atoms with E-state index in [0.717, 1.165) is 55.9 Å². The summed E-state index contributed by atoms with van der Waals surface area (Å²) in [6.45, 7) is 0. The van der Waals surface area contributed by atoms with Crippen LogP contribution in [0, 0.1) is 0 Å². The van der Waals surface area contributed by atoms with E-state index in [1.54, 1.807) is 14.2 Å². The summed E-state index contributed by atoms with van der Waals surface area (Å²) in [5, 5.41) is 4.44. The van der Waals surface area contributed by atoms with Crippen molar-refractivity contribution in [2.24, 2.45) is 0 Å². The molecule has 0 aromatic heterocycles. The molecule has 1 aliphatic rings. The van der Waals surface area contributed by atoms with Crippen LogP contribution in [-0.2, 0) is 15.7 Å². The van der Waals surface area contributed by atoms with Crippen LogP contribution in [0.3, 0.4) is 0 Å². The van der Waals surface area contributed by atoms with Gasteiger partial charge < -0.3 is 9.47 Å². The second-order valence-corrected chi connectivity index (χ2v) is 9.73. The number of ether oxygens (including phenoxy) is 2. The third kappa shape index (κ3) is 3.89. The third-order valence-electron chi connectivity index (χ3n) is 7.21. The van der Waals surface area contributed by atoms with E-state index in [1.165, 1.54) is 12.1 Å². The maximum atomic E-state index is 13.2. The summed E-state index contributed by atoms with van der Waals surface area (Å²) in [4.78, 5) is 0. The van der Waals surface area contributed by atoms with Gasteiger partial charge in [0.2, 0.25) is 0 Å². The molecule has 190 valence electrons. The van der Waals surface area contributed by atoms with Crippen LogP contribution >= 0.6 is 11.6 Å². The zero-order chi connectivity index (χ0) is 26.6. The Kier molecular flexibility index (Phi) is 5.84. The van der Waals surface area contributed by atoms with Gasteiger partial charge in [-0.05, 0) is 80.2 Å². The first-order chi connectivity index (χ1) is 18.3. The van der Waals surface area contributed by atoms with Crippen molar-refractivity contribution in [3.8, 4) is 11.1 Å². The third-order valence-corrected chi connectivity index (χ3v) is 7.43. The van der Waals surface area contributed by atoms with Crippen LogP contribution < -0.4 is 0 Å². The maximum absolute atomic E-state index is 13.2. The molecule has 6 heteroatoms. The van der Waals surface area contributed by atoms with Crippen molar-refractivity contribution >= 4 is 38.9 Å². The van der Waals surface area contributed by atoms with Crippen molar-refractivity contribution in [2.45, 2.75) is 12.1 Å². The number of halogens is 4. The molecule has 0 saturated carbocycles. The Hall–Kier alpha value is -3.96. The smallest absolute Gasteiger partial charge is 0.416 e. The van der Waals surface area contributed by atoms with Crippen molar-refractivity contribution in [3.63, 3.8) is 0 Å². The molecular formula is C32H22ClF3O2. The van der Waals surface area contributed by atoms with E-state index in [2.05, 4.69) is 18.2 Å². The van der Waals surface area contributed by atoms with Gasteiger partial charge in [0.1, 0.15) is 5.76 Å². The Morgan fingerprint density at radius 2 is 1.42 bits per heavy atom. The summed E-state index contributed by atoms with van der Waals surface area (Å²) in [5.41, 5.74) is 3.89. The zero-order valence-electron chi connectivity index (χ0n) is 20.6. The number of alkyl halides is 3. The van der Waals surface area contributed by atoms with Gasteiger partial charge in [-0.25, -0.2) is 0 Å². The predicted molar refractivity (Wildman–Crippen MR) is 146 cm³/mol. The first-order valence-electron chi connectivity index (χ1n) is 12.0. The summed E-state index contributed by atoms with van der Waals surface area (Å²) < 4.78 is 51.1. The van der Waals surface area contributed by atoms with Crippen LogP contribution in [0.25, 0.3) is 38.4 Å². The minimum Gasteiger partial charge on any atom is -0.496 e. The van der Waals surface area contributed by atoms with E-state index in [9.17, 15) is 13.2 Å². The largest absolute Gasteiger partial charge is 0.496 e. The van der Waals surface area contributed by atoms with Crippen LogP contribution in [0.1, 0.15) is 28.2 Å². The molecule has 0 fully saturated rings. The van der Waals surface area contributed by atoms with Gasteiger partial charge in [-0.3, -0.25) is 0 Å². The Morgan fingerprint density at radius 1 is 0.684 bits per heavy atom. The van der Waals surface area contributed by atoms with Gasteiger partial charge in [-0.15, -0.1) is 0 Å². The van der Waals surface area contributed by atoms with E-state index in [0.29, 0.717) is 22.1 Å². The van der Waals surface area contributed by atoms with E-state index < -0.39 is 11.7 Å². The van der Waals surface area contributed by atoms with Crippen LogP contribution in [-0.4, -0.2) is 14.2 Å². The van der Waals surface area contributed by atoms with Crippen LogP contribution in [0.15, 0.2) is 96.8 Å². The molecule has 0 amide bonds. The highest BCUT2D eigenvalue weighted by Crippen LogP contribution is 2.49. The second-order valence-electron chi connectivity index (χ2n) is 9.29. The van der Waals surface area contributed by atoms with Gasteiger partial charge in [0.25, 0.3) is 0 Å². The van der Waals surface area contributed by atoms with Crippen LogP contribution in [0.2, 0.25) is 5.02 Å². The fraction of sp³-hybridized carbons (Fsp3) is 0.125. The summed E-state index contributed by atoms with van der Waals surface area (Å²) in [6, 6.07) is 27.2. The lowest BCUT2D eigenvalue weighted by Gasteiger charge is -2.20. The summed E-state index contributed by atoms with van der Waals surface area (Å²) in [6.07, 6.45) is -4.38. The van der Waals surface area contributed by atoms with Gasteiger partial charge in [0.05, 0.1) is 25.7 Å². The molecule has 0 bridgehead atoms. The average Bonchev–Trinajstić information content (AvgIpc) is 3.24. The fourth-order valence-corrected chi connectivity index (χ4v) is 5.78. The molecule has 38 heavy (non-hydrogen) atoms. The Morgan fingerprint density at radius 3 is 2.13 bits per heavy atom. The summed E-state index contributed by atoms with van der Waals surface area (Å²) in [7, 11) is 3.27. The monoisotopic (exact) mass is 530 g/mol. The predicted octanol–water partition coefficient (Wildman–Crippen LogP) is 9.44. The van der Waals surface area contributed by atoms with Crippen molar-refractivity contribution < 1.29 is 22.6 Å². The SMILES string of the molecule is COC1=C(OC)C(c2cc(Cl)cc3cc4cccc(-c5ccc(C(F)(F)F)cc5)c4cc23)c2ccccc21. The van der Waals surface area contributed by atoms with Gasteiger partial charge >= 0.3 is 6.18 Å². The Balaban J connectivity index is 1.60. The topological polar surface area (TPSA) is 18.5 Å². The van der Waals surface area contributed by atoms with Crippen LogP contribution in [0.4, 0.5) is 13.2 Å². The summed E-state index contributed by atoms with van der Waals surface area (Å²) in [5.74, 6) is 1.16. The van der Waals surface area contributed by atoms with Gasteiger partial charge in [-0.1, -0.05) is 66.2 Å². The van der Waals surface area contributed by atoms with Crippen molar-refractivity contribution in [3.05, 3.63) is 124 Å². The zero-order valence-corrected chi connectivity index (χ0v) is 21.3. The second kappa shape index (κ2) is 9.10. The van der Waals surface area contributed by atoms with E-state index >= 15 is 0 Å². The lowest BCUT2D eigenvalue weighted by Crippen LogP contribution is -2.04. The van der Waals surface area contributed by atoms with Gasteiger partial charge in [0.15, 0.2) is 5.76 Å². The highest BCUT2D eigenvalue weighted by Gasteiger charge is 2.36. The molecule has 1 aliphatic carbocycles. The van der Waals surface area contributed by atoms with Crippen molar-refractivity contribution in [1.82, 2.24) is 0 Å². The molecular weight excluding hydrogens is 509 g/mol. The number of methoxy groups -OCH3 is 2. The minimum atomic E-state index is -4.38. The van der Waals surface area contributed by atoms with E-state index in [4.69, 9.17) is 21.1 Å². The number of hydrogen-bond donors (Lipinski definition) is 0. The molecule has 0 aliphatic heterocycles. The number of benzene rings is 5. The van der Waals surface area contributed by atoms with Crippen LogP contribution in [0.5, 0.6) is 0 Å². The molecule has 1 atom stereocenters. The number of fused-ring (bicyclic) bond motifs is 3. The number of hydrogen-bond acceptors (Lipinski definition) is 2. The average molecular weight is 531 g/mol. The number of rotatable bonds is 4. The van der Waals surface area contributed by atoms with Gasteiger partial charge in [-0.2, -0.15) is 13.2 Å². The van der Waals surface area contributed by atoms with E-state index in [-0.39, 0.29) is 5.92 Å². The number of allylic oxidation sites excluding steroid dienone is 1. The molecule has 5 aromatic carbocycles. The molecule has 0 heterocycles. The van der Waals surface area contributed by atoms with Crippen molar-refractivity contribution in [2.75, 3.05) is 14.2 Å². The summed E-state index contributed by atoms with van der Waals surface area (Å²) >= 11 is 6.64.